The summed E-state index contributed by atoms with van der Waals surface area (Å²) in [4.78, 5) is 45.9. The van der Waals surface area contributed by atoms with E-state index in [0.717, 1.165) is 16.7 Å². The number of fused-ring (bicyclic) bond motifs is 1. The van der Waals surface area contributed by atoms with E-state index < -0.39 is 60.7 Å². The van der Waals surface area contributed by atoms with Crippen molar-refractivity contribution in [1.29, 1.82) is 0 Å². The first-order valence-electron chi connectivity index (χ1n) is 18.8. The van der Waals surface area contributed by atoms with Gasteiger partial charge in [-0.1, -0.05) is 12.1 Å². The Kier molecular flexibility index (Phi) is 13.3. The number of alkyl carbamates (subject to hydrolysis) is 1. The number of aromatic nitrogens is 2. The van der Waals surface area contributed by atoms with Crippen LogP contribution in [0.1, 0.15) is 76.8 Å². The van der Waals surface area contributed by atoms with Gasteiger partial charge in [0.25, 0.3) is 11.8 Å². The second kappa shape index (κ2) is 17.6. The zero-order valence-corrected chi connectivity index (χ0v) is 32.8. The van der Waals surface area contributed by atoms with E-state index in [9.17, 15) is 19.5 Å². The molecule has 300 valence electrons. The first-order chi connectivity index (χ1) is 26.1. The molecule has 0 aliphatic carbocycles. The summed E-state index contributed by atoms with van der Waals surface area (Å²) < 4.78 is 48.4. The molecule has 0 radical (unpaired) electrons. The van der Waals surface area contributed by atoms with Crippen LogP contribution in [0.15, 0.2) is 42.6 Å². The summed E-state index contributed by atoms with van der Waals surface area (Å²) in [6, 6.07) is 7.75. The van der Waals surface area contributed by atoms with Gasteiger partial charge in [-0.05, 0) is 94.8 Å². The van der Waals surface area contributed by atoms with Crippen molar-refractivity contribution in [2.24, 2.45) is 0 Å². The van der Waals surface area contributed by atoms with E-state index in [-0.39, 0.29) is 6.54 Å². The van der Waals surface area contributed by atoms with Gasteiger partial charge < -0.3 is 29.2 Å². The van der Waals surface area contributed by atoms with Gasteiger partial charge in [0.2, 0.25) is 0 Å². The number of hydrogen-bond acceptors (Lipinski definition) is 10. The molecule has 4 heterocycles. The van der Waals surface area contributed by atoms with Crippen molar-refractivity contribution in [1.82, 2.24) is 30.2 Å². The Balaban J connectivity index is 1.49. The molecule has 2 unspecified atom stereocenters. The Morgan fingerprint density at radius 1 is 1.15 bits per heavy atom. The summed E-state index contributed by atoms with van der Waals surface area (Å²) in [7, 11) is 2.86. The van der Waals surface area contributed by atoms with E-state index in [0.29, 0.717) is 73.3 Å². The highest BCUT2D eigenvalue weighted by molar-refractivity contribution is 5.95. The number of nitrogens with zero attached hydrogens (tertiary/aromatic N) is 4. The summed E-state index contributed by atoms with van der Waals surface area (Å²) in [6.45, 7) is 9.70. The normalized spacial score (nSPS) is 18.1. The highest BCUT2D eigenvalue weighted by atomic mass is 19.3. The lowest BCUT2D eigenvalue weighted by Gasteiger charge is -2.37. The van der Waals surface area contributed by atoms with E-state index in [1.807, 2.05) is 42.7 Å². The molecule has 2 amide bonds. The van der Waals surface area contributed by atoms with Crippen LogP contribution in [0.2, 0.25) is 0 Å². The summed E-state index contributed by atoms with van der Waals surface area (Å²) in [6.07, 6.45) is 3.62. The molecule has 5 rings (SSSR count). The average molecular weight is 769 g/mol. The fourth-order valence-electron chi connectivity index (χ4n) is 7.32. The minimum absolute atomic E-state index is 0.143. The Bertz CT molecular complexity index is 1890. The minimum Gasteiger partial charge on any atom is -0.468 e. The molecule has 3 N–H and O–H groups in total. The van der Waals surface area contributed by atoms with Gasteiger partial charge in [0.05, 0.1) is 24.6 Å². The molecule has 2 aliphatic heterocycles. The van der Waals surface area contributed by atoms with Crippen LogP contribution < -0.4 is 10.7 Å². The van der Waals surface area contributed by atoms with Gasteiger partial charge in [-0.15, -0.1) is 0 Å². The zero-order chi connectivity index (χ0) is 40.1. The highest BCUT2D eigenvalue weighted by Gasteiger charge is 2.36. The molecule has 1 aromatic carbocycles. The molecule has 3 atom stereocenters. The first-order valence-corrected chi connectivity index (χ1v) is 18.8. The van der Waals surface area contributed by atoms with E-state index in [1.165, 1.54) is 12.1 Å². The summed E-state index contributed by atoms with van der Waals surface area (Å²) in [5, 5.41) is 14.4. The maximum absolute atomic E-state index is 15.2. The monoisotopic (exact) mass is 768 g/mol. The number of carbonyl (C=O) groups excluding carboxylic acids is 3. The lowest BCUT2D eigenvalue weighted by Crippen LogP contribution is -2.62. The number of aryl methyl sites for hydroxylation is 1. The standard InChI is InChI=1S/C40H54F2N6O7/c1-8-47-33-16-15-26(20-29(33)30(21-40(41,42)24-49)35(47)28-13-9-17-43-34(28)25(2)53-6)27-12-10-18-46(22-27)23-32(44-38(52)55-39(3,4)5)36(50)48-19-11-14-31(45-48)37(51)54-7/h9,12-13,15-17,20,25,31-32,45,49H,8,10-11,14,18-19,21-24H2,1-7H3,(H,44,52)/t25?,31-,32?/m0/s1. The van der Waals surface area contributed by atoms with Crippen molar-refractivity contribution in [2.75, 3.05) is 47.0 Å². The predicted molar refractivity (Wildman–Crippen MR) is 204 cm³/mol. The second-order valence-corrected chi connectivity index (χ2v) is 15.1. The van der Waals surface area contributed by atoms with Crippen LogP contribution in [-0.2, 0) is 36.8 Å². The number of hydrogen-bond donors (Lipinski definition) is 3. The number of amides is 2. The predicted octanol–water partition coefficient (Wildman–Crippen LogP) is 5.25. The zero-order valence-electron chi connectivity index (χ0n) is 32.8. The maximum atomic E-state index is 15.2. The maximum Gasteiger partial charge on any atom is 0.408 e. The lowest BCUT2D eigenvalue weighted by molar-refractivity contribution is -0.150. The fraction of sp³-hybridized carbons (Fsp3) is 0.550. The molecule has 15 heteroatoms. The number of esters is 1. The van der Waals surface area contributed by atoms with E-state index in [2.05, 4.69) is 26.7 Å². The molecule has 2 aliphatic rings. The van der Waals surface area contributed by atoms with Crippen molar-refractivity contribution in [3.63, 3.8) is 0 Å². The molecule has 1 saturated heterocycles. The average Bonchev–Trinajstić information content (AvgIpc) is 3.47. The first kappa shape index (κ1) is 41.7. The Morgan fingerprint density at radius 3 is 2.58 bits per heavy atom. The minimum atomic E-state index is -3.38. The van der Waals surface area contributed by atoms with Crippen molar-refractivity contribution in [2.45, 2.75) is 96.6 Å². The van der Waals surface area contributed by atoms with Gasteiger partial charge in [-0.25, -0.2) is 19.0 Å². The fourth-order valence-corrected chi connectivity index (χ4v) is 7.32. The van der Waals surface area contributed by atoms with Gasteiger partial charge in [0.15, 0.2) is 0 Å². The third-order valence-electron chi connectivity index (χ3n) is 9.95. The highest BCUT2D eigenvalue weighted by Crippen LogP contribution is 2.41. The van der Waals surface area contributed by atoms with Crippen molar-refractivity contribution < 1.29 is 42.5 Å². The van der Waals surface area contributed by atoms with Crippen molar-refractivity contribution in [3.8, 4) is 11.3 Å². The molecule has 0 bridgehead atoms. The largest absolute Gasteiger partial charge is 0.468 e. The molecule has 3 aromatic rings. The van der Waals surface area contributed by atoms with E-state index in [1.54, 1.807) is 40.1 Å². The van der Waals surface area contributed by atoms with Crippen LogP contribution in [0, 0.1) is 0 Å². The van der Waals surface area contributed by atoms with Gasteiger partial charge in [0.1, 0.15) is 24.3 Å². The van der Waals surface area contributed by atoms with Crippen LogP contribution in [0.4, 0.5) is 13.6 Å². The van der Waals surface area contributed by atoms with Gasteiger partial charge in [0, 0.05) is 68.9 Å². The number of benzene rings is 1. The number of nitrogens with one attached hydrogen (secondary N) is 2. The van der Waals surface area contributed by atoms with E-state index in [4.69, 9.17) is 14.2 Å². The number of alkyl halides is 2. The van der Waals surface area contributed by atoms with Crippen LogP contribution >= 0.6 is 0 Å². The summed E-state index contributed by atoms with van der Waals surface area (Å²) >= 11 is 0. The Hall–Kier alpha value is -4.44. The topological polar surface area (TPSA) is 147 Å². The molecular weight excluding hydrogens is 714 g/mol. The smallest absolute Gasteiger partial charge is 0.408 e. The van der Waals surface area contributed by atoms with Crippen molar-refractivity contribution >= 4 is 34.4 Å². The number of halogens is 2. The number of aliphatic hydroxyl groups is 1. The number of rotatable bonds is 13. The molecule has 0 saturated carbocycles. The third kappa shape index (κ3) is 9.87. The number of pyridine rings is 1. The van der Waals surface area contributed by atoms with Gasteiger partial charge in [-0.2, -0.15) is 0 Å². The Morgan fingerprint density at radius 2 is 1.91 bits per heavy atom. The lowest BCUT2D eigenvalue weighted by atomic mass is 9.95. The van der Waals surface area contributed by atoms with Gasteiger partial charge >= 0.3 is 12.1 Å². The molecule has 1 fully saturated rings. The Labute approximate surface area is 321 Å². The van der Waals surface area contributed by atoms with Crippen molar-refractivity contribution in [3.05, 3.63) is 59.4 Å². The van der Waals surface area contributed by atoms with E-state index >= 15 is 8.78 Å². The number of ether oxygens (including phenoxy) is 3. The molecule has 0 spiro atoms. The van der Waals surface area contributed by atoms with Crippen LogP contribution in [0.3, 0.4) is 0 Å². The van der Waals surface area contributed by atoms with Crippen LogP contribution in [0.5, 0.6) is 0 Å². The number of aliphatic hydroxyl groups excluding tert-OH is 1. The summed E-state index contributed by atoms with van der Waals surface area (Å²) in [5.41, 5.74) is 6.98. The molecular formula is C40H54F2N6O7. The number of hydrazine groups is 1. The van der Waals surface area contributed by atoms with Crippen LogP contribution in [0.25, 0.3) is 27.7 Å². The van der Waals surface area contributed by atoms with Gasteiger partial charge in [-0.3, -0.25) is 24.5 Å². The summed E-state index contributed by atoms with van der Waals surface area (Å²) in [5.74, 6) is -4.28. The third-order valence-corrected chi connectivity index (χ3v) is 9.95. The SMILES string of the molecule is CCn1c(-c2cccnc2C(C)OC)c(CC(F)(F)CO)c2cc(C3=CCCN(CC(NC(=O)OC(C)(C)C)C(=O)N4CCC[C@@H](C(=O)OC)N4)C3)ccc21. The molecule has 2 aromatic heterocycles. The number of carbonyl (C=O) groups is 3. The van der Waals surface area contributed by atoms with Crippen LogP contribution in [-0.4, -0.2) is 113 Å². The molecule has 13 nitrogen and oxygen atoms in total. The quantitative estimate of drug-likeness (QED) is 0.197. The number of methoxy groups -OCH3 is 2. The molecule has 55 heavy (non-hydrogen) atoms. The second-order valence-electron chi connectivity index (χ2n) is 15.1.